The number of amides is 1. The quantitative estimate of drug-likeness (QED) is 0.260. The van der Waals surface area contributed by atoms with Crippen molar-refractivity contribution >= 4 is 17.6 Å². The fourth-order valence-corrected chi connectivity index (χ4v) is 2.87. The summed E-state index contributed by atoms with van der Waals surface area (Å²) in [5.74, 6) is -0.633. The number of fused-ring (bicyclic) bond motifs is 1. The van der Waals surface area contributed by atoms with Crippen molar-refractivity contribution in [1.29, 1.82) is 0 Å². The molecular formula is C16H19FN6O4. The number of aliphatic hydroxyl groups excluding tert-OH is 1. The van der Waals surface area contributed by atoms with Crippen LogP contribution >= 0.6 is 0 Å². The molecule has 1 unspecified atom stereocenters. The lowest BCUT2D eigenvalue weighted by molar-refractivity contribution is -0.119. The third-order valence-corrected chi connectivity index (χ3v) is 4.11. The molecule has 0 saturated carbocycles. The monoisotopic (exact) mass is 378 g/mol. The lowest BCUT2D eigenvalue weighted by atomic mass is 10.1. The molecule has 0 bridgehead atoms. The predicted molar refractivity (Wildman–Crippen MR) is 91.8 cm³/mol. The fourth-order valence-electron chi connectivity index (χ4n) is 2.87. The third-order valence-electron chi connectivity index (χ3n) is 4.11. The molecule has 2 aromatic rings. The molecular weight excluding hydrogens is 359 g/mol. The largest absolute Gasteiger partial charge is 0.395 e. The highest BCUT2D eigenvalue weighted by Gasteiger charge is 2.25. The molecule has 10 nitrogen and oxygen atoms in total. The van der Waals surface area contributed by atoms with E-state index in [9.17, 15) is 14.4 Å². The van der Waals surface area contributed by atoms with Crippen LogP contribution < -0.4 is 16.1 Å². The van der Waals surface area contributed by atoms with Crippen LogP contribution in [-0.4, -0.2) is 52.1 Å². The molecule has 144 valence electrons. The number of aromatic nitrogens is 2. The standard InChI is InChI=1S/C16H19FN6O4/c17-10-3-1-9-2-4-12(11(9)7-10)20-16(21-26)14-15(23-27-22-14)19-8-13(25)18-5-6-24/h1,3,7,12,24,26H,2,4-6,8H2,(H,18,25)(H,19,23)(H,20,21). The molecule has 1 atom stereocenters. The lowest BCUT2D eigenvalue weighted by Gasteiger charge is -2.10. The zero-order valence-corrected chi connectivity index (χ0v) is 14.3. The Morgan fingerprint density at radius 1 is 1.41 bits per heavy atom. The Bertz CT molecular complexity index is 840. The fraction of sp³-hybridized carbons (Fsp3) is 0.375. The maximum Gasteiger partial charge on any atom is 0.239 e. The van der Waals surface area contributed by atoms with Gasteiger partial charge in [0.05, 0.1) is 19.2 Å². The van der Waals surface area contributed by atoms with E-state index < -0.39 is 0 Å². The van der Waals surface area contributed by atoms with E-state index in [0.29, 0.717) is 6.42 Å². The van der Waals surface area contributed by atoms with Crippen molar-refractivity contribution in [3.05, 3.63) is 40.8 Å². The second-order valence-corrected chi connectivity index (χ2v) is 5.88. The van der Waals surface area contributed by atoms with Gasteiger partial charge in [-0.2, -0.15) is 0 Å². The molecule has 5 N–H and O–H groups in total. The molecule has 1 aliphatic rings. The van der Waals surface area contributed by atoms with Gasteiger partial charge in [0.2, 0.25) is 11.7 Å². The minimum absolute atomic E-state index is 0.0170. The van der Waals surface area contributed by atoms with Crippen molar-refractivity contribution in [2.45, 2.75) is 18.9 Å². The average Bonchev–Trinajstić information content (AvgIpc) is 3.29. The molecule has 0 spiro atoms. The van der Waals surface area contributed by atoms with Crippen molar-refractivity contribution in [1.82, 2.24) is 21.1 Å². The third kappa shape index (κ3) is 4.38. The normalized spacial score (nSPS) is 16.1. The van der Waals surface area contributed by atoms with Crippen molar-refractivity contribution in [3.63, 3.8) is 0 Å². The Hall–Kier alpha value is -3.05. The molecule has 0 radical (unpaired) electrons. The first kappa shape index (κ1) is 18.7. The van der Waals surface area contributed by atoms with Crippen molar-refractivity contribution in [2.24, 2.45) is 4.99 Å². The molecule has 1 aliphatic carbocycles. The number of nitrogens with one attached hydrogen (secondary N) is 3. The number of anilines is 1. The van der Waals surface area contributed by atoms with Gasteiger partial charge in [0, 0.05) is 6.54 Å². The van der Waals surface area contributed by atoms with Crippen molar-refractivity contribution in [3.8, 4) is 0 Å². The summed E-state index contributed by atoms with van der Waals surface area (Å²) >= 11 is 0. The predicted octanol–water partition coefficient (Wildman–Crippen LogP) is 0.142. The van der Waals surface area contributed by atoms with E-state index in [0.717, 1.165) is 17.5 Å². The molecule has 27 heavy (non-hydrogen) atoms. The zero-order chi connectivity index (χ0) is 19.2. The first-order chi connectivity index (χ1) is 13.1. The second-order valence-electron chi connectivity index (χ2n) is 5.88. The number of carbonyl (C=O) groups excluding carboxylic acids is 1. The molecule has 0 fully saturated rings. The summed E-state index contributed by atoms with van der Waals surface area (Å²) in [7, 11) is 0. The van der Waals surface area contributed by atoms with Gasteiger partial charge in [-0.1, -0.05) is 6.07 Å². The van der Waals surface area contributed by atoms with Gasteiger partial charge in [-0.25, -0.2) is 9.02 Å². The number of hydroxylamine groups is 1. The van der Waals surface area contributed by atoms with Crippen LogP contribution in [0.3, 0.4) is 0 Å². The van der Waals surface area contributed by atoms with Gasteiger partial charge in [0.25, 0.3) is 0 Å². The van der Waals surface area contributed by atoms with Gasteiger partial charge < -0.3 is 15.7 Å². The Kier molecular flexibility index (Phi) is 5.94. The highest BCUT2D eigenvalue weighted by Crippen LogP contribution is 2.34. The number of aryl methyl sites for hydroxylation is 1. The molecule has 1 amide bonds. The van der Waals surface area contributed by atoms with Crippen LogP contribution in [0.15, 0.2) is 27.8 Å². The van der Waals surface area contributed by atoms with Crippen LogP contribution in [0.5, 0.6) is 0 Å². The van der Waals surface area contributed by atoms with Gasteiger partial charge in [-0.3, -0.25) is 20.5 Å². The van der Waals surface area contributed by atoms with Gasteiger partial charge in [0.15, 0.2) is 11.5 Å². The number of benzene rings is 1. The van der Waals surface area contributed by atoms with Crippen molar-refractivity contribution in [2.75, 3.05) is 25.0 Å². The topological polar surface area (TPSA) is 145 Å². The smallest absolute Gasteiger partial charge is 0.239 e. The van der Waals surface area contributed by atoms with Crippen molar-refractivity contribution < 1.29 is 24.1 Å². The van der Waals surface area contributed by atoms with Gasteiger partial charge in [-0.15, -0.1) is 0 Å². The van der Waals surface area contributed by atoms with E-state index in [1.54, 1.807) is 6.07 Å². The SMILES string of the molecule is O=C(CNc1nonc1C(=NC1CCc2ccc(F)cc21)NO)NCCO. The van der Waals surface area contributed by atoms with Crippen LogP contribution in [0, 0.1) is 5.82 Å². The van der Waals surface area contributed by atoms with E-state index in [2.05, 4.69) is 30.6 Å². The highest BCUT2D eigenvalue weighted by molar-refractivity contribution is 6.00. The summed E-state index contributed by atoms with van der Waals surface area (Å²) in [6, 6.07) is 4.20. The van der Waals surface area contributed by atoms with Gasteiger partial charge in [0.1, 0.15) is 5.82 Å². The van der Waals surface area contributed by atoms with Crippen LogP contribution in [0.2, 0.25) is 0 Å². The van der Waals surface area contributed by atoms with E-state index in [1.165, 1.54) is 12.1 Å². The number of hydrogen-bond acceptors (Lipinski definition) is 8. The number of aliphatic hydroxyl groups is 1. The lowest BCUT2D eigenvalue weighted by Crippen LogP contribution is -2.32. The number of amidine groups is 1. The molecule has 11 heteroatoms. The Labute approximate surface area is 153 Å². The van der Waals surface area contributed by atoms with Crippen LogP contribution in [0.1, 0.15) is 29.3 Å². The van der Waals surface area contributed by atoms with Crippen LogP contribution in [0.4, 0.5) is 10.2 Å². The number of hydrogen-bond donors (Lipinski definition) is 5. The second kappa shape index (κ2) is 8.56. The molecule has 1 heterocycles. The molecule has 0 saturated heterocycles. The highest BCUT2D eigenvalue weighted by atomic mass is 19.1. The summed E-state index contributed by atoms with van der Waals surface area (Å²) in [6.07, 6.45) is 1.40. The molecule has 1 aromatic heterocycles. The summed E-state index contributed by atoms with van der Waals surface area (Å²) in [5, 5.41) is 30.7. The number of carbonyl (C=O) groups is 1. The van der Waals surface area contributed by atoms with E-state index in [4.69, 9.17) is 5.11 Å². The Morgan fingerprint density at radius 3 is 3.04 bits per heavy atom. The number of nitrogens with zero attached hydrogens (tertiary/aromatic N) is 3. The van der Waals surface area contributed by atoms with Gasteiger partial charge in [-0.05, 0) is 46.4 Å². The molecule has 3 rings (SSSR count). The summed E-state index contributed by atoms with van der Waals surface area (Å²) in [4.78, 5) is 16.0. The Morgan fingerprint density at radius 2 is 2.26 bits per heavy atom. The number of aliphatic imine (C=N–C) groups is 1. The summed E-state index contributed by atoms with van der Waals surface area (Å²) in [5.41, 5.74) is 3.79. The first-order valence-corrected chi connectivity index (χ1v) is 8.33. The van der Waals surface area contributed by atoms with E-state index in [-0.39, 0.29) is 54.8 Å². The van der Waals surface area contributed by atoms with E-state index >= 15 is 0 Å². The number of halogens is 1. The van der Waals surface area contributed by atoms with Crippen LogP contribution in [-0.2, 0) is 11.2 Å². The average molecular weight is 378 g/mol. The first-order valence-electron chi connectivity index (χ1n) is 8.33. The minimum Gasteiger partial charge on any atom is -0.395 e. The van der Waals surface area contributed by atoms with E-state index in [1.807, 2.05) is 5.48 Å². The molecule has 0 aliphatic heterocycles. The Balaban J connectivity index is 1.76. The van der Waals surface area contributed by atoms with Gasteiger partial charge >= 0.3 is 0 Å². The maximum absolute atomic E-state index is 13.5. The maximum atomic E-state index is 13.5. The number of rotatable bonds is 7. The summed E-state index contributed by atoms with van der Waals surface area (Å²) < 4.78 is 18.2. The molecule has 1 aromatic carbocycles. The zero-order valence-electron chi connectivity index (χ0n) is 14.3. The summed E-state index contributed by atoms with van der Waals surface area (Å²) in [6.45, 7) is -0.179. The van der Waals surface area contributed by atoms with Crippen LogP contribution in [0.25, 0.3) is 0 Å². The minimum atomic E-state index is -0.367.